The first-order valence-corrected chi connectivity index (χ1v) is 12.5. The Morgan fingerprint density at radius 2 is 1.19 bits per heavy atom. The fraction of sp³-hybridized carbons (Fsp3) is 0.741. The summed E-state index contributed by atoms with van der Waals surface area (Å²) in [4.78, 5) is 31.0. The third-order valence-corrected chi connectivity index (χ3v) is 11.5. The zero-order valence-electron chi connectivity index (χ0n) is 20.5. The van der Waals surface area contributed by atoms with Crippen LogP contribution in [0.5, 0.6) is 0 Å². The summed E-state index contributed by atoms with van der Waals surface area (Å²) in [6.07, 6.45) is 6.61. The van der Waals surface area contributed by atoms with Gasteiger partial charge >= 0.3 is 0 Å². The van der Waals surface area contributed by atoms with Crippen molar-refractivity contribution >= 4 is 23.5 Å². The Labute approximate surface area is 192 Å². The molecule has 5 nitrogen and oxygen atoms in total. The summed E-state index contributed by atoms with van der Waals surface area (Å²) in [6.45, 7) is 13.9. The quantitative estimate of drug-likeness (QED) is 0.617. The second-order valence-corrected chi connectivity index (χ2v) is 12.7. The molecule has 4 aliphatic rings. The smallest absolute Gasteiger partial charge is 0.229 e. The number of anilines is 2. The number of amides is 2. The van der Waals surface area contributed by atoms with Crippen LogP contribution in [0.2, 0.25) is 0 Å². The maximum atomic E-state index is 13.2. The van der Waals surface area contributed by atoms with Crippen molar-refractivity contribution in [2.24, 2.45) is 45.3 Å². The van der Waals surface area contributed by atoms with Crippen LogP contribution < -0.4 is 10.6 Å². The number of nitrogens with zero attached hydrogens (tertiary/aromatic N) is 1. The minimum absolute atomic E-state index is 0.0208. The first kappa shape index (κ1) is 21.9. The number of rotatable bonds is 4. The van der Waals surface area contributed by atoms with E-state index in [1.165, 1.54) is 12.8 Å². The predicted molar refractivity (Wildman–Crippen MR) is 127 cm³/mol. The number of aromatic nitrogens is 1. The molecule has 0 spiro atoms. The van der Waals surface area contributed by atoms with E-state index in [0.717, 1.165) is 25.7 Å². The summed E-state index contributed by atoms with van der Waals surface area (Å²) < 4.78 is 0. The van der Waals surface area contributed by atoms with E-state index in [1.54, 1.807) is 0 Å². The molecular formula is C27H39N3O2. The van der Waals surface area contributed by atoms with Crippen molar-refractivity contribution in [3.05, 3.63) is 18.2 Å². The van der Waals surface area contributed by atoms with Gasteiger partial charge in [0.25, 0.3) is 0 Å². The van der Waals surface area contributed by atoms with Gasteiger partial charge in [0, 0.05) is 11.8 Å². The highest BCUT2D eigenvalue weighted by Crippen LogP contribution is 2.69. The van der Waals surface area contributed by atoms with E-state index in [2.05, 4.69) is 57.2 Å². The Bertz CT molecular complexity index is 896. The summed E-state index contributed by atoms with van der Waals surface area (Å²) in [6, 6.07) is 5.49. The molecule has 4 bridgehead atoms. The van der Waals surface area contributed by atoms with Gasteiger partial charge in [0.05, 0.1) is 0 Å². The lowest BCUT2D eigenvalue weighted by molar-refractivity contribution is -0.125. The molecule has 0 saturated heterocycles. The van der Waals surface area contributed by atoms with Gasteiger partial charge in [-0.1, -0.05) is 47.6 Å². The van der Waals surface area contributed by atoms with Crippen molar-refractivity contribution in [3.63, 3.8) is 0 Å². The van der Waals surface area contributed by atoms with Gasteiger partial charge < -0.3 is 10.6 Å². The lowest BCUT2D eigenvalue weighted by atomic mass is 9.66. The van der Waals surface area contributed by atoms with Crippen molar-refractivity contribution < 1.29 is 9.59 Å². The van der Waals surface area contributed by atoms with Crippen molar-refractivity contribution in [2.75, 3.05) is 10.6 Å². The largest absolute Gasteiger partial charge is 0.310 e. The summed E-state index contributed by atoms with van der Waals surface area (Å²) >= 11 is 0. The molecule has 174 valence electrons. The van der Waals surface area contributed by atoms with E-state index in [4.69, 9.17) is 0 Å². The number of nitrogens with one attached hydrogen (secondary N) is 2. The first-order chi connectivity index (χ1) is 14.9. The molecule has 1 heterocycles. The van der Waals surface area contributed by atoms with Gasteiger partial charge in [0.1, 0.15) is 11.6 Å². The van der Waals surface area contributed by atoms with E-state index >= 15 is 0 Å². The predicted octanol–water partition coefficient (Wildman–Crippen LogP) is 5.88. The lowest BCUT2D eigenvalue weighted by Crippen LogP contribution is -2.39. The summed E-state index contributed by atoms with van der Waals surface area (Å²) in [5, 5.41) is 6.12. The van der Waals surface area contributed by atoms with E-state index in [-0.39, 0.29) is 45.3 Å². The van der Waals surface area contributed by atoms with Crippen LogP contribution in [0, 0.1) is 45.3 Å². The highest BCUT2D eigenvalue weighted by molar-refractivity contribution is 5.95. The standard InChI is InChI=1S/C27H39N3O2/c1-24(2)16-10-12-26(24,5)18(14-16)22(31)29-20-8-7-9-21(28-20)30-23(32)19-15-17-11-13-27(19,6)25(17,3)4/h7-9,16-19H,10-15H2,1-6H3,(H2,28,29,30,31,32). The van der Waals surface area contributed by atoms with Gasteiger partial charge in [-0.2, -0.15) is 0 Å². The Hall–Kier alpha value is -1.91. The summed E-state index contributed by atoms with van der Waals surface area (Å²) in [5.41, 5.74) is 0.473. The minimum Gasteiger partial charge on any atom is -0.310 e. The van der Waals surface area contributed by atoms with E-state index in [0.29, 0.717) is 23.5 Å². The molecule has 4 aliphatic carbocycles. The van der Waals surface area contributed by atoms with Crippen LogP contribution in [0.1, 0.15) is 80.1 Å². The molecule has 1 aromatic rings. The zero-order valence-corrected chi connectivity index (χ0v) is 20.5. The normalized spacial score (nSPS) is 40.4. The van der Waals surface area contributed by atoms with Crippen molar-refractivity contribution in [3.8, 4) is 0 Å². The fourth-order valence-electron chi connectivity index (χ4n) is 8.20. The minimum atomic E-state index is 0.0208. The van der Waals surface area contributed by atoms with E-state index in [9.17, 15) is 9.59 Å². The highest BCUT2D eigenvalue weighted by atomic mass is 16.2. The maximum Gasteiger partial charge on any atom is 0.229 e. The van der Waals surface area contributed by atoms with Crippen molar-refractivity contribution in [1.29, 1.82) is 0 Å². The van der Waals surface area contributed by atoms with Crippen molar-refractivity contribution in [1.82, 2.24) is 4.98 Å². The van der Waals surface area contributed by atoms with Crippen LogP contribution in [0.3, 0.4) is 0 Å². The first-order valence-electron chi connectivity index (χ1n) is 12.5. The fourth-order valence-corrected chi connectivity index (χ4v) is 8.20. The molecule has 5 rings (SSSR count). The van der Waals surface area contributed by atoms with Crippen LogP contribution in [-0.2, 0) is 9.59 Å². The molecule has 32 heavy (non-hydrogen) atoms. The van der Waals surface area contributed by atoms with Gasteiger partial charge in [0.15, 0.2) is 0 Å². The second-order valence-electron chi connectivity index (χ2n) is 12.7. The van der Waals surface area contributed by atoms with E-state index in [1.807, 2.05) is 18.2 Å². The Morgan fingerprint density at radius 3 is 1.50 bits per heavy atom. The topological polar surface area (TPSA) is 71.1 Å². The average Bonchev–Trinajstić information content (AvgIpc) is 3.25. The average molecular weight is 438 g/mol. The SMILES string of the molecule is CC1(C)C2CCC1(C)C(C(=O)Nc1cccc(NC(=O)C3CC4CCC3(C)C4(C)C)n1)C2. The monoisotopic (exact) mass is 437 g/mol. The third kappa shape index (κ3) is 2.78. The molecule has 5 heteroatoms. The maximum absolute atomic E-state index is 13.2. The van der Waals surface area contributed by atoms with Crippen LogP contribution in [0.4, 0.5) is 11.6 Å². The second kappa shape index (κ2) is 6.80. The molecule has 4 saturated carbocycles. The Kier molecular flexibility index (Phi) is 4.66. The summed E-state index contributed by atoms with van der Waals surface area (Å²) in [7, 11) is 0. The number of carbonyl (C=O) groups is 2. The Balaban J connectivity index is 1.27. The van der Waals surface area contributed by atoms with Crippen LogP contribution >= 0.6 is 0 Å². The van der Waals surface area contributed by atoms with Crippen LogP contribution in [0.25, 0.3) is 0 Å². The van der Waals surface area contributed by atoms with Crippen molar-refractivity contribution in [2.45, 2.75) is 80.1 Å². The number of pyridine rings is 1. The summed E-state index contributed by atoms with van der Waals surface area (Å²) in [5.74, 6) is 2.47. The van der Waals surface area contributed by atoms with Gasteiger partial charge in [-0.3, -0.25) is 9.59 Å². The highest BCUT2D eigenvalue weighted by Gasteiger charge is 2.64. The molecule has 2 N–H and O–H groups in total. The van der Waals surface area contributed by atoms with Gasteiger partial charge in [-0.05, 0) is 84.2 Å². The van der Waals surface area contributed by atoms with Crippen LogP contribution in [-0.4, -0.2) is 16.8 Å². The van der Waals surface area contributed by atoms with E-state index < -0.39 is 0 Å². The van der Waals surface area contributed by atoms with Gasteiger partial charge in [0.2, 0.25) is 11.8 Å². The molecule has 0 aliphatic heterocycles. The molecule has 6 unspecified atom stereocenters. The number of carbonyl (C=O) groups excluding carboxylic acids is 2. The number of fused-ring (bicyclic) bond motifs is 4. The molecular weight excluding hydrogens is 398 g/mol. The Morgan fingerprint density at radius 1 is 0.781 bits per heavy atom. The molecule has 0 aromatic carbocycles. The molecule has 4 fully saturated rings. The lowest BCUT2D eigenvalue weighted by Gasteiger charge is -2.38. The third-order valence-electron chi connectivity index (χ3n) is 11.5. The van der Waals surface area contributed by atoms with Gasteiger partial charge in [-0.15, -0.1) is 0 Å². The van der Waals surface area contributed by atoms with Gasteiger partial charge in [-0.25, -0.2) is 4.98 Å². The molecule has 0 radical (unpaired) electrons. The molecule has 2 amide bonds. The van der Waals surface area contributed by atoms with Crippen LogP contribution in [0.15, 0.2) is 18.2 Å². The number of hydrogen-bond donors (Lipinski definition) is 2. The number of hydrogen-bond acceptors (Lipinski definition) is 3. The molecule has 1 aromatic heterocycles. The molecule has 6 atom stereocenters. The zero-order chi connectivity index (χ0) is 23.1.